The van der Waals surface area contributed by atoms with Gasteiger partial charge in [-0.2, -0.15) is 8.78 Å². The van der Waals surface area contributed by atoms with Crippen LogP contribution < -0.4 is 9.47 Å². The highest BCUT2D eigenvalue weighted by Gasteiger charge is 2.51. The molecule has 6 atom stereocenters. The number of halogens is 2. The van der Waals surface area contributed by atoms with E-state index in [1.165, 1.54) is 12.0 Å². The first-order valence-corrected chi connectivity index (χ1v) is 17.9. The lowest BCUT2D eigenvalue weighted by molar-refractivity contribution is -0.159. The maximum atomic E-state index is 16.2. The molecular weight excluding hydrogens is 620 g/mol. The Labute approximate surface area is 281 Å². The smallest absolute Gasteiger partial charge is 0.306 e. The summed E-state index contributed by atoms with van der Waals surface area (Å²) in [7, 11) is 1.51. The number of carbonyl (C=O) groups excluding carboxylic acids is 3. The first kappa shape index (κ1) is 34.5. The number of amides is 1. The van der Waals surface area contributed by atoms with Crippen molar-refractivity contribution in [1.82, 2.24) is 14.9 Å². The van der Waals surface area contributed by atoms with Crippen LogP contribution in [0.5, 0.6) is 11.6 Å². The maximum Gasteiger partial charge on any atom is 0.306 e. The minimum absolute atomic E-state index is 0.00983. The van der Waals surface area contributed by atoms with Crippen LogP contribution in [0.25, 0.3) is 11.0 Å². The van der Waals surface area contributed by atoms with Gasteiger partial charge in [0.05, 0.1) is 43.1 Å². The lowest BCUT2D eigenvalue weighted by Crippen LogP contribution is -2.48. The number of aldehydes is 1. The van der Waals surface area contributed by atoms with Crippen molar-refractivity contribution >= 4 is 29.2 Å². The molecule has 2 saturated carbocycles. The minimum Gasteiger partial charge on any atom is -0.497 e. The van der Waals surface area contributed by atoms with Crippen LogP contribution in [0.15, 0.2) is 18.2 Å². The van der Waals surface area contributed by atoms with E-state index >= 15 is 8.78 Å². The van der Waals surface area contributed by atoms with Crippen molar-refractivity contribution in [3.8, 4) is 11.6 Å². The molecule has 2 aromatic rings. The number of aromatic nitrogens is 2. The summed E-state index contributed by atoms with van der Waals surface area (Å²) in [6.07, 6.45) is 8.27. The molecule has 11 heteroatoms. The lowest BCUT2D eigenvalue weighted by Gasteiger charge is -2.41. The molecule has 9 nitrogen and oxygen atoms in total. The SMILES string of the molecule is CC[C@@H]1[C@@H]2CN(C(=O)[C@H](C3(C)CCCCC3)CC(=O)O[C@@H]3CCC[C@H]3CCCCC(F)(F)c3nc4ccc(OC)cc4nc3O2)[C@@H]1C=O. The number of hydrogen-bond donors (Lipinski definition) is 0. The maximum absolute atomic E-state index is 16.2. The summed E-state index contributed by atoms with van der Waals surface area (Å²) in [5.74, 6) is -4.85. The fourth-order valence-electron chi connectivity index (χ4n) is 8.83. The Morgan fingerprint density at radius 2 is 1.71 bits per heavy atom. The van der Waals surface area contributed by atoms with Gasteiger partial charge in [-0.1, -0.05) is 39.5 Å². The van der Waals surface area contributed by atoms with Crippen LogP contribution in [0.1, 0.15) is 109 Å². The molecule has 4 aliphatic rings. The Morgan fingerprint density at radius 1 is 0.958 bits per heavy atom. The highest BCUT2D eigenvalue weighted by molar-refractivity contribution is 5.87. The molecule has 2 aliphatic carbocycles. The molecule has 1 amide bonds. The number of nitrogens with zero attached hydrogens (tertiary/aromatic N) is 3. The van der Waals surface area contributed by atoms with Crippen LogP contribution in [0, 0.1) is 23.2 Å². The Hall–Kier alpha value is -3.37. The number of esters is 1. The number of fused-ring (bicyclic) bond motifs is 5. The standard InChI is InChI=1S/C37H49F2N3O6/c1-4-25-29(22-43)42-21-31(25)48-34-33(40-27-15-14-24(46-3)19-28(27)41-34)37(38,39)18-9-6-11-23-12-10-13-30(23)47-32(44)20-26(35(42)45)36(2)16-7-5-8-17-36/h14-15,19,22-23,25-26,29-31H,4-13,16-18,20-21H2,1-3H3/t23-,25+,26-,29-,30-,31+/m1/s1. The summed E-state index contributed by atoms with van der Waals surface area (Å²) in [6.45, 7) is 3.98. The second-order valence-electron chi connectivity index (χ2n) is 14.7. The predicted molar refractivity (Wildman–Crippen MR) is 175 cm³/mol. The zero-order valence-electron chi connectivity index (χ0n) is 28.4. The molecule has 2 aliphatic heterocycles. The summed E-state index contributed by atoms with van der Waals surface area (Å²) in [6, 6.07) is 4.04. The Bertz CT molecular complexity index is 1500. The number of hydrogen-bond acceptors (Lipinski definition) is 8. The second-order valence-corrected chi connectivity index (χ2v) is 14.7. The molecule has 1 aromatic carbocycles. The Balaban J connectivity index is 1.42. The number of methoxy groups -OCH3 is 1. The van der Waals surface area contributed by atoms with Gasteiger partial charge in [0.2, 0.25) is 11.8 Å². The number of ether oxygens (including phenoxy) is 3. The highest BCUT2D eigenvalue weighted by atomic mass is 19.3. The third-order valence-corrected chi connectivity index (χ3v) is 11.7. The van der Waals surface area contributed by atoms with Gasteiger partial charge in [-0.3, -0.25) is 9.59 Å². The third kappa shape index (κ3) is 6.88. The summed E-state index contributed by atoms with van der Waals surface area (Å²) in [5.41, 5.74) is -0.340. The molecular formula is C37H49F2N3O6. The molecule has 6 rings (SSSR count). The van der Waals surface area contributed by atoms with Crippen molar-refractivity contribution in [3.63, 3.8) is 0 Å². The van der Waals surface area contributed by atoms with Gasteiger partial charge in [-0.25, -0.2) is 9.97 Å². The summed E-state index contributed by atoms with van der Waals surface area (Å²) < 4.78 is 50.1. The average Bonchev–Trinajstić information content (AvgIpc) is 3.67. The summed E-state index contributed by atoms with van der Waals surface area (Å²) in [4.78, 5) is 51.5. The molecule has 0 spiro atoms. The zero-order valence-corrected chi connectivity index (χ0v) is 28.4. The van der Waals surface area contributed by atoms with Crippen LogP contribution in [-0.2, 0) is 25.0 Å². The van der Waals surface area contributed by atoms with Crippen molar-refractivity contribution in [3.05, 3.63) is 23.9 Å². The molecule has 1 aromatic heterocycles. The van der Waals surface area contributed by atoms with Crippen molar-refractivity contribution < 1.29 is 37.4 Å². The lowest BCUT2D eigenvalue weighted by atomic mass is 9.65. The fourth-order valence-corrected chi connectivity index (χ4v) is 8.83. The number of benzene rings is 1. The quantitative estimate of drug-likeness (QED) is 0.249. The molecule has 3 heterocycles. The van der Waals surface area contributed by atoms with E-state index in [1.807, 2.05) is 6.92 Å². The monoisotopic (exact) mass is 669 g/mol. The zero-order chi connectivity index (χ0) is 34.1. The molecule has 0 radical (unpaired) electrons. The minimum atomic E-state index is -3.34. The van der Waals surface area contributed by atoms with Gasteiger partial charge in [0, 0.05) is 18.4 Å². The first-order valence-electron chi connectivity index (χ1n) is 17.9. The highest BCUT2D eigenvalue weighted by Crippen LogP contribution is 2.47. The topological polar surface area (TPSA) is 108 Å². The van der Waals surface area contributed by atoms with Gasteiger partial charge in [0.25, 0.3) is 5.92 Å². The number of carbonyl (C=O) groups is 3. The largest absolute Gasteiger partial charge is 0.497 e. The molecule has 0 unspecified atom stereocenters. The van der Waals surface area contributed by atoms with E-state index in [9.17, 15) is 14.4 Å². The fraction of sp³-hybridized carbons (Fsp3) is 0.703. The Morgan fingerprint density at radius 3 is 2.44 bits per heavy atom. The van der Waals surface area contributed by atoms with Gasteiger partial charge < -0.3 is 23.9 Å². The van der Waals surface area contributed by atoms with Gasteiger partial charge in [0.15, 0.2) is 5.69 Å². The third-order valence-electron chi connectivity index (χ3n) is 11.7. The normalized spacial score (nSPS) is 31.1. The average molecular weight is 670 g/mol. The van der Waals surface area contributed by atoms with Crippen LogP contribution in [0.3, 0.4) is 0 Å². The van der Waals surface area contributed by atoms with E-state index in [0.29, 0.717) is 36.0 Å². The van der Waals surface area contributed by atoms with Gasteiger partial charge in [0.1, 0.15) is 24.2 Å². The van der Waals surface area contributed by atoms with Crippen LogP contribution in [0.2, 0.25) is 0 Å². The first-order chi connectivity index (χ1) is 23.1. The van der Waals surface area contributed by atoms with Gasteiger partial charge in [-0.15, -0.1) is 0 Å². The number of alkyl halides is 2. The number of rotatable bonds is 4. The molecule has 0 N–H and O–H groups in total. The van der Waals surface area contributed by atoms with E-state index in [1.54, 1.807) is 18.2 Å². The van der Waals surface area contributed by atoms with Crippen LogP contribution >= 0.6 is 0 Å². The van der Waals surface area contributed by atoms with Crippen molar-refractivity contribution in [2.75, 3.05) is 13.7 Å². The van der Waals surface area contributed by atoms with Crippen LogP contribution in [-0.4, -0.2) is 64.9 Å². The van der Waals surface area contributed by atoms with Crippen molar-refractivity contribution in [1.29, 1.82) is 0 Å². The molecule has 48 heavy (non-hydrogen) atoms. The second kappa shape index (κ2) is 14.2. The molecule has 3 fully saturated rings. The predicted octanol–water partition coefficient (Wildman–Crippen LogP) is 7.18. The van der Waals surface area contributed by atoms with Crippen molar-refractivity contribution in [2.24, 2.45) is 23.2 Å². The molecule has 1 saturated heterocycles. The van der Waals surface area contributed by atoms with Crippen LogP contribution in [0.4, 0.5) is 8.78 Å². The van der Waals surface area contributed by atoms with E-state index < -0.39 is 53.4 Å². The van der Waals surface area contributed by atoms with E-state index in [2.05, 4.69) is 16.9 Å². The molecule has 2 bridgehead atoms. The summed E-state index contributed by atoms with van der Waals surface area (Å²) in [5, 5.41) is 0. The Kier molecular flexibility index (Phi) is 10.2. The van der Waals surface area contributed by atoms with Gasteiger partial charge >= 0.3 is 5.97 Å². The van der Waals surface area contributed by atoms with Gasteiger partial charge in [-0.05, 0) is 74.8 Å². The molecule has 262 valence electrons. The van der Waals surface area contributed by atoms with Crippen molar-refractivity contribution in [2.45, 2.75) is 128 Å². The summed E-state index contributed by atoms with van der Waals surface area (Å²) >= 11 is 0. The van der Waals surface area contributed by atoms with E-state index in [-0.39, 0.29) is 43.2 Å². The van der Waals surface area contributed by atoms with E-state index in [4.69, 9.17) is 14.2 Å². The van der Waals surface area contributed by atoms with E-state index in [0.717, 1.165) is 57.7 Å².